The first kappa shape index (κ1) is 49.1. The number of benzene rings is 2. The van der Waals surface area contributed by atoms with E-state index in [1.807, 2.05) is 36.4 Å². The fourth-order valence-electron chi connectivity index (χ4n) is 6.14. The molecule has 62 heavy (non-hydrogen) atoms. The smallest absolute Gasteiger partial charge is 0.161 e. The molecule has 0 saturated carbocycles. The molecule has 2 aromatic rings. The molecule has 16 nitrogen and oxygen atoms in total. The van der Waals surface area contributed by atoms with Crippen molar-refractivity contribution in [3.05, 3.63) is 59.7 Å². The van der Waals surface area contributed by atoms with Gasteiger partial charge in [-0.3, -0.25) is 9.98 Å². The average Bonchev–Trinajstić information content (AvgIpc) is 3.28. The van der Waals surface area contributed by atoms with Crippen molar-refractivity contribution in [3.8, 4) is 23.0 Å². The van der Waals surface area contributed by atoms with E-state index in [1.165, 1.54) is 0 Å². The monoisotopic (exact) mass is 868 g/mol. The van der Waals surface area contributed by atoms with Gasteiger partial charge < -0.3 is 67.5 Å². The minimum atomic E-state index is 0.387. The summed E-state index contributed by atoms with van der Waals surface area (Å²) in [6, 6.07) is 11.9. The lowest BCUT2D eigenvalue weighted by molar-refractivity contribution is -0.00841. The van der Waals surface area contributed by atoms with Crippen molar-refractivity contribution in [1.29, 1.82) is 0 Å². The molecule has 16 heteroatoms. The van der Waals surface area contributed by atoms with Crippen LogP contribution >= 0.6 is 0 Å². The number of nitrogens with one attached hydrogen (secondary N) is 2. The highest BCUT2D eigenvalue weighted by Crippen LogP contribution is 2.30. The average molecular weight is 869 g/mol. The summed E-state index contributed by atoms with van der Waals surface area (Å²) in [5.41, 5.74) is 4.01. The van der Waals surface area contributed by atoms with Crippen molar-refractivity contribution < 1.29 is 56.8 Å². The zero-order valence-corrected chi connectivity index (χ0v) is 36.4. The predicted octanol–water partition coefficient (Wildman–Crippen LogP) is 3.94. The van der Waals surface area contributed by atoms with Crippen molar-refractivity contribution in [1.82, 2.24) is 10.6 Å². The van der Waals surface area contributed by atoms with Crippen molar-refractivity contribution in [3.63, 3.8) is 0 Å². The van der Waals surface area contributed by atoms with Gasteiger partial charge in [0.1, 0.15) is 26.4 Å². The van der Waals surface area contributed by atoms with Crippen LogP contribution in [0.25, 0.3) is 12.2 Å². The summed E-state index contributed by atoms with van der Waals surface area (Å²) >= 11 is 0. The molecule has 0 amide bonds. The Bertz CT molecular complexity index is 1510. The van der Waals surface area contributed by atoms with E-state index in [2.05, 4.69) is 34.9 Å². The number of hydrogen-bond donors (Lipinski definition) is 2. The number of rotatable bonds is 4. The molecule has 3 heterocycles. The molecule has 0 bridgehead atoms. The Morgan fingerprint density at radius 3 is 0.984 bits per heavy atom. The van der Waals surface area contributed by atoms with Gasteiger partial charge in [-0.15, -0.1) is 0 Å². The molecule has 0 atom stereocenters. The zero-order valence-electron chi connectivity index (χ0n) is 36.4. The Morgan fingerprint density at radius 2 is 0.645 bits per heavy atom. The molecule has 0 unspecified atom stereocenters. The minimum Gasteiger partial charge on any atom is -0.487 e. The second-order valence-electron chi connectivity index (χ2n) is 14.1. The van der Waals surface area contributed by atoms with Gasteiger partial charge in [0.15, 0.2) is 23.0 Å². The van der Waals surface area contributed by atoms with Gasteiger partial charge in [0.25, 0.3) is 0 Å². The largest absolute Gasteiger partial charge is 0.487 e. The normalized spacial score (nSPS) is 21.0. The molecule has 3 aliphatic rings. The third kappa shape index (κ3) is 21.9. The van der Waals surface area contributed by atoms with Crippen LogP contribution in [0.4, 0.5) is 0 Å². The third-order valence-electron chi connectivity index (χ3n) is 9.37. The number of fused-ring (bicyclic) bond motifs is 2. The molecular weight excluding hydrogens is 801 g/mol. The van der Waals surface area contributed by atoms with Gasteiger partial charge in [-0.2, -0.15) is 0 Å². The van der Waals surface area contributed by atoms with E-state index in [9.17, 15) is 0 Å². The molecule has 3 aliphatic heterocycles. The van der Waals surface area contributed by atoms with Crippen molar-refractivity contribution >= 4 is 23.6 Å². The van der Waals surface area contributed by atoms with Crippen LogP contribution in [0.1, 0.15) is 24.0 Å². The van der Waals surface area contributed by atoms with Gasteiger partial charge in [-0.05, 0) is 47.5 Å². The van der Waals surface area contributed by atoms with Gasteiger partial charge in [0.05, 0.1) is 119 Å². The topological polar surface area (TPSA) is 160 Å². The first-order valence-electron chi connectivity index (χ1n) is 22.1. The van der Waals surface area contributed by atoms with E-state index in [0.717, 1.165) is 61.6 Å². The van der Waals surface area contributed by atoms with E-state index in [-0.39, 0.29) is 0 Å². The summed E-state index contributed by atoms with van der Waals surface area (Å²) < 4.78 is 69.1. The summed E-state index contributed by atoms with van der Waals surface area (Å²) in [7, 11) is 0. The molecular formula is C46H68N4O12. The molecule has 0 saturated heterocycles. The van der Waals surface area contributed by atoms with Gasteiger partial charge in [-0.1, -0.05) is 24.3 Å². The third-order valence-corrected chi connectivity index (χ3v) is 9.37. The standard InChI is InChI=1S/C46H68N4O12/c1(39-3-7-43-45(37-39)61-35-31-57-27-23-53-19-17-51-21-25-55-29-33-59-43)5-41-9-11-47-14-16-50-42(10-12-48-13-15-49-41)6-2-40-4-8-44-46(38-40)62-36-32-58-28-24-54-20-18-52-22-26-56-30-34-60-44/h1-8,37-38,47-48H,9-36H2/b5-1+,6-2+,49-41?,50-42?. The summed E-state index contributed by atoms with van der Waals surface area (Å²) in [4.78, 5) is 9.89. The molecule has 5 rings (SSSR count). The van der Waals surface area contributed by atoms with Gasteiger partial charge in [-0.25, -0.2) is 0 Å². The highest BCUT2D eigenvalue weighted by molar-refractivity contribution is 5.99. The second-order valence-corrected chi connectivity index (χ2v) is 14.1. The Morgan fingerprint density at radius 1 is 0.339 bits per heavy atom. The predicted molar refractivity (Wildman–Crippen MR) is 239 cm³/mol. The Kier molecular flexibility index (Phi) is 25.9. The number of allylic oxidation sites excluding steroid dienone is 2. The van der Waals surface area contributed by atoms with Crippen LogP contribution in [-0.4, -0.2) is 183 Å². The van der Waals surface area contributed by atoms with Crippen LogP contribution in [-0.2, 0) is 37.9 Å². The van der Waals surface area contributed by atoms with Gasteiger partial charge in [0, 0.05) is 50.4 Å². The molecule has 2 aromatic carbocycles. The number of ether oxygens (including phenoxy) is 12. The fraction of sp³-hybridized carbons (Fsp3) is 0.609. The van der Waals surface area contributed by atoms with Gasteiger partial charge >= 0.3 is 0 Å². The highest BCUT2D eigenvalue weighted by Gasteiger charge is 2.10. The highest BCUT2D eigenvalue weighted by atomic mass is 16.6. The van der Waals surface area contributed by atoms with Crippen LogP contribution in [0, 0.1) is 0 Å². The summed E-state index contributed by atoms with van der Waals surface area (Å²) in [5, 5.41) is 7.09. The maximum absolute atomic E-state index is 6.11. The van der Waals surface area contributed by atoms with Crippen molar-refractivity contribution in [2.75, 3.05) is 171 Å². The van der Waals surface area contributed by atoms with E-state index < -0.39 is 0 Å². The Labute approximate surface area is 367 Å². The maximum Gasteiger partial charge on any atom is 0.161 e. The molecule has 2 N–H and O–H groups in total. The molecule has 0 radical (unpaired) electrons. The summed E-state index contributed by atoms with van der Waals surface area (Å²) in [5.74, 6) is 2.62. The lowest BCUT2D eigenvalue weighted by atomic mass is 10.1. The van der Waals surface area contributed by atoms with Crippen molar-refractivity contribution in [2.24, 2.45) is 9.98 Å². The summed E-state index contributed by atoms with van der Waals surface area (Å²) in [6.45, 7) is 13.9. The van der Waals surface area contributed by atoms with Crippen LogP contribution in [0.2, 0.25) is 0 Å². The van der Waals surface area contributed by atoms with Crippen LogP contribution in [0.3, 0.4) is 0 Å². The number of hydrogen-bond acceptors (Lipinski definition) is 16. The Balaban J connectivity index is 1.11. The molecule has 0 spiro atoms. The maximum atomic E-state index is 6.11. The molecule has 0 aliphatic carbocycles. The van der Waals surface area contributed by atoms with E-state index >= 15 is 0 Å². The first-order chi connectivity index (χ1) is 30.8. The summed E-state index contributed by atoms with van der Waals surface area (Å²) in [6.07, 6.45) is 9.89. The van der Waals surface area contributed by atoms with Crippen molar-refractivity contribution in [2.45, 2.75) is 12.8 Å². The van der Waals surface area contributed by atoms with Crippen LogP contribution < -0.4 is 29.6 Å². The second kappa shape index (κ2) is 32.7. The zero-order chi connectivity index (χ0) is 42.8. The van der Waals surface area contributed by atoms with E-state index in [1.54, 1.807) is 0 Å². The lowest BCUT2D eigenvalue weighted by Gasteiger charge is -2.15. The molecule has 0 fully saturated rings. The Hall–Kier alpha value is -3.94. The number of nitrogens with zero attached hydrogens (tertiary/aromatic N) is 2. The molecule has 0 aromatic heterocycles. The molecule has 344 valence electrons. The first-order valence-corrected chi connectivity index (χ1v) is 22.1. The van der Waals surface area contributed by atoms with E-state index in [0.29, 0.717) is 168 Å². The van der Waals surface area contributed by atoms with E-state index in [4.69, 9.17) is 66.8 Å². The minimum absolute atomic E-state index is 0.387. The SMILES string of the molecule is C(=C\c1ccc2c(c1)OCCOCCOCCOCCOCCO2)/C1=NCCNCCC(/C=C/c2ccc3c(c2)OCCOCCOCCOCCOCCO3)=NCCNCC1. The van der Waals surface area contributed by atoms with Crippen LogP contribution in [0.15, 0.2) is 58.5 Å². The quantitative estimate of drug-likeness (QED) is 0.455. The lowest BCUT2D eigenvalue weighted by Crippen LogP contribution is -2.24. The van der Waals surface area contributed by atoms with Crippen LogP contribution in [0.5, 0.6) is 23.0 Å². The van der Waals surface area contributed by atoms with Gasteiger partial charge in [0.2, 0.25) is 0 Å². The number of aliphatic imine (C=N–C) groups is 2. The fourth-order valence-corrected chi connectivity index (χ4v) is 6.14.